The fraction of sp³-hybridized carbons (Fsp3) is 0.786. The number of carbonyl (C=O) groups is 3. The molecule has 3 saturated heterocycles. The van der Waals surface area contributed by atoms with Crippen LogP contribution in [-0.2, 0) is 14.3 Å². The van der Waals surface area contributed by atoms with Crippen LogP contribution < -0.4 is 0 Å². The second kappa shape index (κ2) is 5.63. The van der Waals surface area contributed by atoms with Crippen molar-refractivity contribution in [2.75, 3.05) is 19.7 Å². The molecule has 2 atom stereocenters. The largest absolute Gasteiger partial charge is 0.481 e. The van der Waals surface area contributed by atoms with Gasteiger partial charge in [-0.15, -0.1) is 0 Å². The van der Waals surface area contributed by atoms with Gasteiger partial charge in [-0.2, -0.15) is 0 Å². The van der Waals surface area contributed by atoms with Crippen LogP contribution in [0, 0.1) is 5.92 Å². The number of hydrogen-bond donors (Lipinski definition) is 1. The molecule has 2 unspecified atom stereocenters. The average molecular weight is 296 g/mol. The number of carbonyl (C=O) groups excluding carboxylic acids is 2. The Hall–Kier alpha value is -1.63. The molecule has 3 aliphatic rings. The van der Waals surface area contributed by atoms with Crippen LogP contribution in [0.2, 0.25) is 0 Å². The monoisotopic (exact) mass is 296 g/mol. The Morgan fingerprint density at radius 1 is 1.24 bits per heavy atom. The number of hydrogen-bond acceptors (Lipinski definition) is 5. The van der Waals surface area contributed by atoms with E-state index in [2.05, 4.69) is 4.90 Å². The molecule has 2 bridgehead atoms. The molecular formula is C14H20N2O5. The van der Waals surface area contributed by atoms with Crippen molar-refractivity contribution in [2.24, 2.45) is 5.92 Å². The minimum Gasteiger partial charge on any atom is -0.481 e. The highest BCUT2D eigenvalue weighted by atomic mass is 16.6. The summed E-state index contributed by atoms with van der Waals surface area (Å²) < 4.78 is 4.79. The molecule has 0 aromatic rings. The zero-order chi connectivity index (χ0) is 15.0. The van der Waals surface area contributed by atoms with E-state index in [1.807, 2.05) is 0 Å². The van der Waals surface area contributed by atoms with Gasteiger partial charge in [0.25, 0.3) is 0 Å². The number of ether oxygens (including phenoxy) is 1. The second-order valence-corrected chi connectivity index (χ2v) is 6.15. The van der Waals surface area contributed by atoms with Gasteiger partial charge in [-0.05, 0) is 31.6 Å². The van der Waals surface area contributed by atoms with Gasteiger partial charge in [0.1, 0.15) is 6.61 Å². The van der Waals surface area contributed by atoms with Crippen LogP contribution in [0.4, 0.5) is 4.79 Å². The van der Waals surface area contributed by atoms with Crippen molar-refractivity contribution >= 4 is 18.0 Å². The summed E-state index contributed by atoms with van der Waals surface area (Å²) >= 11 is 0. The third-order valence-corrected chi connectivity index (χ3v) is 4.82. The maximum absolute atomic E-state index is 12.2. The quantitative estimate of drug-likeness (QED) is 0.821. The van der Waals surface area contributed by atoms with Gasteiger partial charge in [-0.25, -0.2) is 9.69 Å². The number of aliphatic carboxylic acids is 1. The molecule has 3 heterocycles. The summed E-state index contributed by atoms with van der Waals surface area (Å²) in [4.78, 5) is 37.8. The topological polar surface area (TPSA) is 87.2 Å². The minimum absolute atomic E-state index is 0.203. The van der Waals surface area contributed by atoms with Crippen molar-refractivity contribution < 1.29 is 24.2 Å². The first kappa shape index (κ1) is 14.3. The zero-order valence-corrected chi connectivity index (χ0v) is 11.9. The van der Waals surface area contributed by atoms with Gasteiger partial charge in [-0.1, -0.05) is 0 Å². The lowest BCUT2D eigenvalue weighted by atomic mass is 9.88. The minimum atomic E-state index is -0.747. The van der Waals surface area contributed by atoms with Gasteiger partial charge in [0, 0.05) is 18.5 Å². The molecule has 2 amide bonds. The highest BCUT2D eigenvalue weighted by Gasteiger charge is 2.43. The van der Waals surface area contributed by atoms with E-state index in [1.54, 1.807) is 0 Å². The molecule has 0 saturated carbocycles. The van der Waals surface area contributed by atoms with Crippen LogP contribution in [0.1, 0.15) is 32.1 Å². The lowest BCUT2D eigenvalue weighted by Crippen LogP contribution is -2.49. The SMILES string of the molecule is O=C(O)CC1CC2CCC(C1)N2CC(=O)N1CCOC1=O. The van der Waals surface area contributed by atoms with Crippen LogP contribution in [0.3, 0.4) is 0 Å². The Kier molecular flexibility index (Phi) is 3.84. The Morgan fingerprint density at radius 3 is 2.43 bits per heavy atom. The molecule has 1 N–H and O–H groups in total. The molecule has 0 radical (unpaired) electrons. The smallest absolute Gasteiger partial charge is 0.416 e. The van der Waals surface area contributed by atoms with Crippen LogP contribution in [0.25, 0.3) is 0 Å². The number of carboxylic acid groups (broad SMARTS) is 1. The third kappa shape index (κ3) is 2.88. The normalized spacial score (nSPS) is 32.3. The fourth-order valence-electron chi connectivity index (χ4n) is 3.92. The van der Waals surface area contributed by atoms with E-state index in [0.717, 1.165) is 25.7 Å². The zero-order valence-electron chi connectivity index (χ0n) is 11.9. The first-order chi connectivity index (χ1) is 10.0. The second-order valence-electron chi connectivity index (χ2n) is 6.15. The Bertz CT molecular complexity index is 452. The van der Waals surface area contributed by atoms with Crippen molar-refractivity contribution in [2.45, 2.75) is 44.2 Å². The molecular weight excluding hydrogens is 276 g/mol. The molecule has 3 rings (SSSR count). The van der Waals surface area contributed by atoms with Gasteiger partial charge in [0.05, 0.1) is 13.1 Å². The number of imide groups is 1. The van der Waals surface area contributed by atoms with E-state index in [0.29, 0.717) is 6.54 Å². The Labute approximate surface area is 122 Å². The van der Waals surface area contributed by atoms with E-state index in [-0.39, 0.29) is 43.5 Å². The van der Waals surface area contributed by atoms with Gasteiger partial charge < -0.3 is 9.84 Å². The standard InChI is InChI=1S/C14H20N2O5/c17-12(15-3-4-21-14(15)20)8-16-10-1-2-11(16)6-9(5-10)7-13(18)19/h9-11H,1-8H2,(H,18,19). The lowest BCUT2D eigenvalue weighted by Gasteiger charge is -2.38. The number of cyclic esters (lactones) is 1. The molecule has 7 heteroatoms. The van der Waals surface area contributed by atoms with Gasteiger partial charge in [0.15, 0.2) is 0 Å². The van der Waals surface area contributed by atoms with Gasteiger partial charge in [-0.3, -0.25) is 14.5 Å². The molecule has 3 fully saturated rings. The molecule has 0 aromatic carbocycles. The number of amides is 2. The fourth-order valence-corrected chi connectivity index (χ4v) is 3.92. The van der Waals surface area contributed by atoms with E-state index >= 15 is 0 Å². The molecule has 0 spiro atoms. The van der Waals surface area contributed by atoms with Crippen LogP contribution in [0.5, 0.6) is 0 Å². The van der Waals surface area contributed by atoms with E-state index in [4.69, 9.17) is 9.84 Å². The third-order valence-electron chi connectivity index (χ3n) is 4.82. The number of nitrogens with zero attached hydrogens (tertiary/aromatic N) is 2. The first-order valence-electron chi connectivity index (χ1n) is 7.49. The summed E-state index contributed by atoms with van der Waals surface area (Å²) in [7, 11) is 0. The lowest BCUT2D eigenvalue weighted by molar-refractivity contribution is -0.139. The molecule has 21 heavy (non-hydrogen) atoms. The highest BCUT2D eigenvalue weighted by Crippen LogP contribution is 2.39. The predicted molar refractivity (Wildman–Crippen MR) is 71.6 cm³/mol. The summed E-state index contributed by atoms with van der Waals surface area (Å²) in [5, 5.41) is 8.92. The summed E-state index contributed by atoms with van der Waals surface area (Å²) in [6.45, 7) is 0.852. The molecule has 3 aliphatic heterocycles. The number of fused-ring (bicyclic) bond motifs is 2. The first-order valence-corrected chi connectivity index (χ1v) is 7.49. The Morgan fingerprint density at radius 2 is 1.90 bits per heavy atom. The van der Waals surface area contributed by atoms with Crippen LogP contribution >= 0.6 is 0 Å². The average Bonchev–Trinajstić information content (AvgIpc) is 2.91. The summed E-state index contributed by atoms with van der Waals surface area (Å²) in [5.74, 6) is -0.738. The number of rotatable bonds is 4. The molecule has 0 aliphatic carbocycles. The maximum Gasteiger partial charge on any atom is 0.416 e. The van der Waals surface area contributed by atoms with E-state index in [9.17, 15) is 14.4 Å². The molecule has 7 nitrogen and oxygen atoms in total. The van der Waals surface area contributed by atoms with Crippen LogP contribution in [-0.4, -0.2) is 64.7 Å². The van der Waals surface area contributed by atoms with Crippen molar-refractivity contribution in [1.82, 2.24) is 9.80 Å². The summed E-state index contributed by atoms with van der Waals surface area (Å²) in [6, 6.07) is 0.548. The van der Waals surface area contributed by atoms with Crippen molar-refractivity contribution in [3.05, 3.63) is 0 Å². The predicted octanol–water partition coefficient (Wildman–Crippen LogP) is 0.683. The van der Waals surface area contributed by atoms with Crippen molar-refractivity contribution in [3.8, 4) is 0 Å². The Balaban J connectivity index is 1.59. The number of carboxylic acids is 1. The molecule has 0 aromatic heterocycles. The van der Waals surface area contributed by atoms with Gasteiger partial charge in [0.2, 0.25) is 5.91 Å². The number of piperidine rings is 1. The summed E-state index contributed by atoms with van der Waals surface area (Å²) in [5.41, 5.74) is 0. The van der Waals surface area contributed by atoms with E-state index in [1.165, 1.54) is 4.90 Å². The summed E-state index contributed by atoms with van der Waals surface area (Å²) in [6.07, 6.45) is 3.36. The maximum atomic E-state index is 12.2. The van der Waals surface area contributed by atoms with Crippen molar-refractivity contribution in [1.29, 1.82) is 0 Å². The van der Waals surface area contributed by atoms with Crippen molar-refractivity contribution in [3.63, 3.8) is 0 Å². The van der Waals surface area contributed by atoms with Gasteiger partial charge >= 0.3 is 12.1 Å². The highest BCUT2D eigenvalue weighted by molar-refractivity contribution is 5.94. The molecule has 116 valence electrons. The van der Waals surface area contributed by atoms with E-state index < -0.39 is 12.1 Å². The van der Waals surface area contributed by atoms with Crippen LogP contribution in [0.15, 0.2) is 0 Å².